The average molecular weight is 353 g/mol. The zero-order valence-corrected chi connectivity index (χ0v) is 13.8. The minimum atomic E-state index is -0.697. The van der Waals surface area contributed by atoms with E-state index in [1.807, 2.05) is 30.3 Å². The molecule has 0 amide bonds. The van der Waals surface area contributed by atoms with Crippen LogP contribution in [0.15, 0.2) is 78.9 Å². The number of carbonyl (C=O) groups excluding carboxylic acids is 2. The van der Waals surface area contributed by atoms with Gasteiger partial charge >= 0.3 is 11.9 Å². The Bertz CT molecular complexity index is 957. The van der Waals surface area contributed by atoms with Gasteiger partial charge in [-0.15, -0.1) is 0 Å². The lowest BCUT2D eigenvalue weighted by atomic mass is 10.1. The molecule has 0 saturated carbocycles. The molecule has 0 aliphatic rings. The minimum Gasteiger partial charge on any atom is -0.423 e. The third kappa shape index (κ3) is 4.46. The highest BCUT2D eigenvalue weighted by Crippen LogP contribution is 2.25. The number of benzene rings is 3. The second-order valence-electron chi connectivity index (χ2n) is 5.11. The molecule has 0 atom stereocenters. The third-order valence-electron chi connectivity index (χ3n) is 3.33. The summed E-state index contributed by atoms with van der Waals surface area (Å²) in [4.78, 5) is 23.7. The Morgan fingerprint density at radius 3 is 2.28 bits per heavy atom. The molecule has 0 bridgehead atoms. The average Bonchev–Trinajstić information content (AvgIpc) is 2.60. The lowest BCUT2D eigenvalue weighted by molar-refractivity contribution is -0.131. The van der Waals surface area contributed by atoms with Gasteiger partial charge in [-0.25, -0.2) is 9.59 Å². The second-order valence-corrected chi connectivity index (χ2v) is 5.55. The standard InChI is InChI=1S/C20H13ClO4/c21-15-7-4-8-16(13-15)24-19(22)11-12-20(23)25-18-10-3-6-14-5-1-2-9-17(14)18/h1-13H/b12-11+. The number of rotatable bonds is 4. The summed E-state index contributed by atoms with van der Waals surface area (Å²) in [6.45, 7) is 0. The van der Waals surface area contributed by atoms with E-state index in [-0.39, 0.29) is 0 Å². The van der Waals surface area contributed by atoms with E-state index in [0.717, 1.165) is 22.9 Å². The van der Waals surface area contributed by atoms with Gasteiger partial charge in [-0.3, -0.25) is 0 Å². The van der Waals surface area contributed by atoms with Crippen LogP contribution in [0, 0.1) is 0 Å². The molecule has 0 aromatic heterocycles. The molecule has 4 nitrogen and oxygen atoms in total. The molecular formula is C20H13ClO4. The number of esters is 2. The first-order valence-corrected chi connectivity index (χ1v) is 7.85. The first kappa shape index (κ1) is 16.7. The molecule has 0 saturated heterocycles. The Labute approximate surface area is 149 Å². The van der Waals surface area contributed by atoms with Crippen molar-refractivity contribution in [1.82, 2.24) is 0 Å². The highest BCUT2D eigenvalue weighted by atomic mass is 35.5. The Morgan fingerprint density at radius 1 is 0.800 bits per heavy atom. The molecule has 25 heavy (non-hydrogen) atoms. The van der Waals surface area contributed by atoms with Crippen LogP contribution in [0.2, 0.25) is 5.02 Å². The predicted octanol–water partition coefficient (Wildman–Crippen LogP) is 4.56. The first-order chi connectivity index (χ1) is 12.1. The quantitative estimate of drug-likeness (QED) is 0.392. The molecule has 0 radical (unpaired) electrons. The molecule has 0 unspecified atom stereocenters. The van der Waals surface area contributed by atoms with Crippen molar-refractivity contribution < 1.29 is 19.1 Å². The van der Waals surface area contributed by atoms with Crippen LogP contribution in [0.5, 0.6) is 11.5 Å². The Balaban J connectivity index is 1.65. The highest BCUT2D eigenvalue weighted by Gasteiger charge is 2.07. The number of hydrogen-bond acceptors (Lipinski definition) is 4. The maximum absolute atomic E-state index is 11.9. The molecular weight excluding hydrogens is 340 g/mol. The van der Waals surface area contributed by atoms with Crippen molar-refractivity contribution in [2.24, 2.45) is 0 Å². The summed E-state index contributed by atoms with van der Waals surface area (Å²) in [6, 6.07) is 19.4. The lowest BCUT2D eigenvalue weighted by Crippen LogP contribution is -2.08. The summed E-state index contributed by atoms with van der Waals surface area (Å²) in [5.74, 6) is -0.642. The molecule has 0 heterocycles. The molecule has 3 rings (SSSR count). The molecule has 3 aromatic rings. The van der Waals surface area contributed by atoms with Crippen LogP contribution in [0.4, 0.5) is 0 Å². The Morgan fingerprint density at radius 2 is 1.48 bits per heavy atom. The van der Waals surface area contributed by atoms with E-state index in [4.69, 9.17) is 21.1 Å². The maximum Gasteiger partial charge on any atom is 0.336 e. The van der Waals surface area contributed by atoms with E-state index in [2.05, 4.69) is 0 Å². The van der Waals surface area contributed by atoms with Gasteiger partial charge in [-0.05, 0) is 29.7 Å². The van der Waals surface area contributed by atoms with Crippen LogP contribution in [0.25, 0.3) is 10.8 Å². The number of carbonyl (C=O) groups is 2. The summed E-state index contributed by atoms with van der Waals surface area (Å²) in [5.41, 5.74) is 0. The van der Waals surface area contributed by atoms with E-state index in [9.17, 15) is 9.59 Å². The number of halogens is 1. The van der Waals surface area contributed by atoms with Crippen LogP contribution in [-0.4, -0.2) is 11.9 Å². The SMILES string of the molecule is O=C(/C=C/C(=O)Oc1cccc2ccccc12)Oc1cccc(Cl)c1. The highest BCUT2D eigenvalue weighted by molar-refractivity contribution is 6.30. The van der Waals surface area contributed by atoms with Crippen molar-refractivity contribution in [1.29, 1.82) is 0 Å². The monoisotopic (exact) mass is 352 g/mol. The van der Waals surface area contributed by atoms with Gasteiger partial charge in [0.15, 0.2) is 0 Å². The number of fused-ring (bicyclic) bond motifs is 1. The van der Waals surface area contributed by atoms with Gasteiger partial charge in [-0.1, -0.05) is 54.1 Å². The number of ether oxygens (including phenoxy) is 2. The molecule has 0 fully saturated rings. The van der Waals surface area contributed by atoms with Crippen molar-refractivity contribution in [3.63, 3.8) is 0 Å². The fourth-order valence-corrected chi connectivity index (χ4v) is 2.42. The van der Waals surface area contributed by atoms with Gasteiger partial charge in [0.2, 0.25) is 0 Å². The van der Waals surface area contributed by atoms with E-state index in [1.165, 1.54) is 6.07 Å². The molecule has 124 valence electrons. The van der Waals surface area contributed by atoms with Gasteiger partial charge < -0.3 is 9.47 Å². The van der Waals surface area contributed by atoms with E-state index >= 15 is 0 Å². The molecule has 3 aromatic carbocycles. The largest absolute Gasteiger partial charge is 0.423 e. The fourth-order valence-electron chi connectivity index (χ4n) is 2.24. The third-order valence-corrected chi connectivity index (χ3v) is 3.57. The number of hydrogen-bond donors (Lipinski definition) is 0. The van der Waals surface area contributed by atoms with Crippen molar-refractivity contribution in [2.75, 3.05) is 0 Å². The van der Waals surface area contributed by atoms with Gasteiger partial charge in [-0.2, -0.15) is 0 Å². The normalized spacial score (nSPS) is 10.8. The van der Waals surface area contributed by atoms with Gasteiger partial charge in [0.05, 0.1) is 0 Å². The topological polar surface area (TPSA) is 52.6 Å². The summed E-state index contributed by atoms with van der Waals surface area (Å²) in [6.07, 6.45) is 2.03. The van der Waals surface area contributed by atoms with Crippen molar-refractivity contribution in [2.45, 2.75) is 0 Å². The summed E-state index contributed by atoms with van der Waals surface area (Å²) in [5, 5.41) is 2.22. The van der Waals surface area contributed by atoms with Crippen LogP contribution >= 0.6 is 11.6 Å². The molecule has 0 aliphatic heterocycles. The Kier molecular flexibility index (Phi) is 5.11. The summed E-state index contributed by atoms with van der Waals surface area (Å²) >= 11 is 5.81. The zero-order valence-electron chi connectivity index (χ0n) is 13.0. The van der Waals surface area contributed by atoms with Gasteiger partial charge in [0.25, 0.3) is 0 Å². The van der Waals surface area contributed by atoms with Crippen molar-refractivity contribution in [3.8, 4) is 11.5 Å². The van der Waals surface area contributed by atoms with Gasteiger partial charge in [0.1, 0.15) is 11.5 Å². The summed E-state index contributed by atoms with van der Waals surface area (Å²) < 4.78 is 10.3. The molecule has 0 N–H and O–H groups in total. The van der Waals surface area contributed by atoms with Crippen LogP contribution in [-0.2, 0) is 9.59 Å². The maximum atomic E-state index is 11.9. The lowest BCUT2D eigenvalue weighted by Gasteiger charge is -2.05. The van der Waals surface area contributed by atoms with Crippen LogP contribution in [0.3, 0.4) is 0 Å². The van der Waals surface area contributed by atoms with Crippen molar-refractivity contribution in [3.05, 3.63) is 83.9 Å². The van der Waals surface area contributed by atoms with Crippen LogP contribution in [0.1, 0.15) is 0 Å². The smallest absolute Gasteiger partial charge is 0.336 e. The van der Waals surface area contributed by atoms with E-state index in [1.54, 1.807) is 30.3 Å². The summed E-state index contributed by atoms with van der Waals surface area (Å²) in [7, 11) is 0. The Hall–Kier alpha value is -3.11. The fraction of sp³-hybridized carbons (Fsp3) is 0. The van der Waals surface area contributed by atoms with E-state index in [0.29, 0.717) is 16.5 Å². The molecule has 0 aliphatic carbocycles. The zero-order chi connectivity index (χ0) is 17.6. The molecule has 0 spiro atoms. The molecule has 5 heteroatoms. The van der Waals surface area contributed by atoms with Crippen molar-refractivity contribution >= 4 is 34.3 Å². The van der Waals surface area contributed by atoms with Gasteiger partial charge in [0, 0.05) is 22.6 Å². The van der Waals surface area contributed by atoms with E-state index < -0.39 is 11.9 Å². The van der Waals surface area contributed by atoms with Crippen LogP contribution < -0.4 is 9.47 Å². The minimum absolute atomic E-state index is 0.296. The first-order valence-electron chi connectivity index (χ1n) is 7.47. The second kappa shape index (κ2) is 7.64. The predicted molar refractivity (Wildman–Crippen MR) is 95.8 cm³/mol.